The molecule has 2 amide bonds. The highest BCUT2D eigenvalue weighted by atomic mass is 79.9. The van der Waals surface area contributed by atoms with E-state index in [0.29, 0.717) is 43.5 Å². The Morgan fingerprint density at radius 1 is 1.13 bits per heavy atom. The van der Waals surface area contributed by atoms with Gasteiger partial charge < -0.3 is 19.7 Å². The van der Waals surface area contributed by atoms with Crippen LogP contribution >= 0.6 is 28.1 Å². The fourth-order valence-electron chi connectivity index (χ4n) is 4.25. The van der Waals surface area contributed by atoms with Crippen LogP contribution in [0.15, 0.2) is 22.7 Å². The van der Waals surface area contributed by atoms with Crippen molar-refractivity contribution in [2.24, 2.45) is 5.92 Å². The van der Waals surface area contributed by atoms with Gasteiger partial charge in [-0.15, -0.1) is 0 Å². The van der Waals surface area contributed by atoms with Crippen LogP contribution in [0.2, 0.25) is 0 Å². The quantitative estimate of drug-likeness (QED) is 0.137. The lowest BCUT2D eigenvalue weighted by Gasteiger charge is -2.36. The number of hydrogen-bond acceptors (Lipinski definition) is 6. The van der Waals surface area contributed by atoms with Crippen LogP contribution in [0.3, 0.4) is 0 Å². The van der Waals surface area contributed by atoms with Crippen molar-refractivity contribution in [2.75, 3.05) is 26.3 Å². The minimum atomic E-state index is -0.845. The smallest absolute Gasteiger partial charge is 0.308 e. The zero-order chi connectivity index (χ0) is 28.6. The molecule has 1 heterocycles. The summed E-state index contributed by atoms with van der Waals surface area (Å²) in [4.78, 5) is 39.9. The molecule has 8 nitrogen and oxygen atoms in total. The molecule has 1 fully saturated rings. The highest BCUT2D eigenvalue weighted by Crippen LogP contribution is 2.24. The highest BCUT2D eigenvalue weighted by molar-refractivity contribution is 9.10. The van der Waals surface area contributed by atoms with Gasteiger partial charge in [0.05, 0.1) is 25.2 Å². The van der Waals surface area contributed by atoms with Gasteiger partial charge in [0.1, 0.15) is 11.8 Å². The molecule has 10 heteroatoms. The number of halogens is 1. The number of ether oxygens (including phenoxy) is 2. The maximum atomic E-state index is 13.2. The number of thiocarbonyl (C=S) groups is 1. The minimum Gasteiger partial charge on any atom is -0.493 e. The first-order chi connectivity index (χ1) is 18.7. The van der Waals surface area contributed by atoms with Gasteiger partial charge >= 0.3 is 5.97 Å². The van der Waals surface area contributed by atoms with Crippen LogP contribution in [0.5, 0.6) is 5.75 Å². The lowest BCUT2D eigenvalue weighted by atomic mass is 10.1. The average Bonchev–Trinajstić information content (AvgIpc) is 2.89. The third kappa shape index (κ3) is 12.2. The number of amides is 2. The first-order valence-corrected chi connectivity index (χ1v) is 15.4. The van der Waals surface area contributed by atoms with Crippen molar-refractivity contribution >= 4 is 51.0 Å². The number of hydrogen-bond donors (Lipinski definition) is 2. The van der Waals surface area contributed by atoms with E-state index >= 15 is 0 Å². The van der Waals surface area contributed by atoms with Gasteiger partial charge in [-0.25, -0.2) is 0 Å². The molecule has 1 aromatic rings. The number of carbonyl (C=O) groups excluding carboxylic acids is 3. The molecule has 1 atom stereocenters. The maximum absolute atomic E-state index is 13.2. The molecule has 0 aromatic heterocycles. The Labute approximate surface area is 247 Å². The van der Waals surface area contributed by atoms with Crippen LogP contribution in [-0.4, -0.2) is 60.1 Å². The van der Waals surface area contributed by atoms with Crippen LogP contribution in [0.1, 0.15) is 95.3 Å². The molecular formula is C29H44BrN3O5S. The topological polar surface area (TPSA) is 97.0 Å². The van der Waals surface area contributed by atoms with Crippen LogP contribution in [0.4, 0.5) is 0 Å². The van der Waals surface area contributed by atoms with E-state index in [1.807, 2.05) is 6.07 Å². The molecule has 1 aliphatic heterocycles. The van der Waals surface area contributed by atoms with E-state index in [-0.39, 0.29) is 17.4 Å². The van der Waals surface area contributed by atoms with Crippen molar-refractivity contribution in [2.45, 2.75) is 91.0 Å². The number of esters is 1. The highest BCUT2D eigenvalue weighted by Gasteiger charge is 2.34. The molecule has 2 rings (SSSR count). The van der Waals surface area contributed by atoms with Gasteiger partial charge in [0.25, 0.3) is 5.91 Å². The summed E-state index contributed by atoms with van der Waals surface area (Å²) >= 11 is 8.92. The molecule has 1 unspecified atom stereocenters. The molecule has 0 spiro atoms. The van der Waals surface area contributed by atoms with Crippen molar-refractivity contribution in [3.8, 4) is 5.75 Å². The van der Waals surface area contributed by atoms with Gasteiger partial charge in [0, 0.05) is 17.6 Å². The minimum absolute atomic E-state index is 0.0869. The standard InChI is InChI=1S/C29H44BrN3O5S/c1-4-5-6-7-8-9-10-11-17-38-26(34)20-24-28(36)31-15-16-33(24)29(39)32-27(35)23-19-22(30)12-13-25(23)37-18-14-21(2)3/h12-13,19,21,24H,4-11,14-18,20H2,1-3H3,(H,31,36)(H,32,35,39). The molecule has 1 saturated heterocycles. The lowest BCUT2D eigenvalue weighted by molar-refractivity contribution is -0.147. The number of carbonyl (C=O) groups is 3. The van der Waals surface area contributed by atoms with E-state index in [1.54, 1.807) is 17.0 Å². The van der Waals surface area contributed by atoms with Crippen LogP contribution in [0.25, 0.3) is 0 Å². The molecule has 0 saturated carbocycles. The molecule has 0 radical (unpaired) electrons. The zero-order valence-corrected chi connectivity index (χ0v) is 26.0. The fraction of sp³-hybridized carbons (Fsp3) is 0.655. The molecular weight excluding hydrogens is 582 g/mol. The molecule has 2 N–H and O–H groups in total. The predicted octanol–water partition coefficient (Wildman–Crippen LogP) is 5.76. The Hall–Kier alpha value is -2.20. The van der Waals surface area contributed by atoms with Crippen LogP contribution in [-0.2, 0) is 14.3 Å². The SMILES string of the molecule is CCCCCCCCCCOC(=O)CC1C(=O)NCCN1C(=S)NC(=O)c1cc(Br)ccc1OCCC(C)C. The Morgan fingerprint density at radius 3 is 2.51 bits per heavy atom. The molecule has 0 aliphatic carbocycles. The summed E-state index contributed by atoms with van der Waals surface area (Å²) in [5, 5.41) is 5.59. The average molecular weight is 627 g/mol. The van der Waals surface area contributed by atoms with Crippen molar-refractivity contribution in [3.63, 3.8) is 0 Å². The predicted molar refractivity (Wildman–Crippen MR) is 161 cm³/mol. The van der Waals surface area contributed by atoms with E-state index in [4.69, 9.17) is 21.7 Å². The first kappa shape index (κ1) is 33.0. The molecule has 39 heavy (non-hydrogen) atoms. The Kier molecular flexibility index (Phi) is 15.4. The fourth-order valence-corrected chi connectivity index (χ4v) is 4.92. The van der Waals surface area contributed by atoms with E-state index in [0.717, 1.165) is 30.2 Å². The van der Waals surface area contributed by atoms with Gasteiger partial charge in [-0.05, 0) is 49.2 Å². The zero-order valence-electron chi connectivity index (χ0n) is 23.6. The monoisotopic (exact) mass is 625 g/mol. The van der Waals surface area contributed by atoms with E-state index in [1.165, 1.54) is 32.1 Å². The second-order valence-corrected chi connectivity index (χ2v) is 11.6. The van der Waals surface area contributed by atoms with Gasteiger partial charge in [0.2, 0.25) is 5.91 Å². The number of nitrogens with one attached hydrogen (secondary N) is 2. The van der Waals surface area contributed by atoms with E-state index in [9.17, 15) is 14.4 Å². The Bertz CT molecular complexity index is 959. The van der Waals surface area contributed by atoms with Crippen LogP contribution < -0.4 is 15.4 Å². The van der Waals surface area contributed by atoms with Gasteiger partial charge in [-0.1, -0.05) is 81.6 Å². The lowest BCUT2D eigenvalue weighted by Crippen LogP contribution is -2.60. The van der Waals surface area contributed by atoms with Crippen molar-refractivity contribution < 1.29 is 23.9 Å². The molecule has 1 aliphatic rings. The number of nitrogens with zero attached hydrogens (tertiary/aromatic N) is 1. The summed E-state index contributed by atoms with van der Waals surface area (Å²) in [7, 11) is 0. The summed E-state index contributed by atoms with van der Waals surface area (Å²) < 4.78 is 12.0. The first-order valence-electron chi connectivity index (χ1n) is 14.2. The van der Waals surface area contributed by atoms with Gasteiger partial charge in [-0.2, -0.15) is 0 Å². The second-order valence-electron chi connectivity index (χ2n) is 10.3. The van der Waals surface area contributed by atoms with Gasteiger partial charge in [0.15, 0.2) is 5.11 Å². The van der Waals surface area contributed by atoms with Gasteiger partial charge in [-0.3, -0.25) is 19.7 Å². The Balaban J connectivity index is 1.89. The summed E-state index contributed by atoms with van der Waals surface area (Å²) in [5.74, 6) is -0.284. The summed E-state index contributed by atoms with van der Waals surface area (Å²) in [6, 6.07) is 4.37. The largest absolute Gasteiger partial charge is 0.493 e. The summed E-state index contributed by atoms with van der Waals surface area (Å²) in [6.07, 6.45) is 9.95. The van der Waals surface area contributed by atoms with Crippen molar-refractivity contribution in [1.29, 1.82) is 0 Å². The maximum Gasteiger partial charge on any atom is 0.308 e. The van der Waals surface area contributed by atoms with E-state index in [2.05, 4.69) is 47.3 Å². The second kappa shape index (κ2) is 18.2. The van der Waals surface area contributed by atoms with Crippen LogP contribution in [0, 0.1) is 5.92 Å². The van der Waals surface area contributed by atoms with Crippen molar-refractivity contribution in [3.05, 3.63) is 28.2 Å². The van der Waals surface area contributed by atoms with Crippen molar-refractivity contribution in [1.82, 2.24) is 15.5 Å². The summed E-state index contributed by atoms with van der Waals surface area (Å²) in [6.45, 7) is 7.98. The third-order valence-electron chi connectivity index (χ3n) is 6.57. The van der Waals surface area contributed by atoms with E-state index < -0.39 is 17.9 Å². The molecule has 1 aromatic carbocycles. The molecule has 0 bridgehead atoms. The molecule has 218 valence electrons. The number of unbranched alkanes of at least 4 members (excludes halogenated alkanes) is 7. The summed E-state index contributed by atoms with van der Waals surface area (Å²) in [5.41, 5.74) is 0.332. The number of rotatable bonds is 16. The Morgan fingerprint density at radius 2 is 1.82 bits per heavy atom. The number of piperazine rings is 1. The normalized spacial score (nSPS) is 15.2. The third-order valence-corrected chi connectivity index (χ3v) is 7.40. The number of benzene rings is 1.